The van der Waals surface area contributed by atoms with Gasteiger partial charge in [0.05, 0.1) is 79.7 Å². The summed E-state index contributed by atoms with van der Waals surface area (Å²) in [5, 5.41) is 20.8. The van der Waals surface area contributed by atoms with Gasteiger partial charge in [0.15, 0.2) is 34.7 Å². The van der Waals surface area contributed by atoms with E-state index in [1.54, 1.807) is 0 Å². The van der Waals surface area contributed by atoms with Crippen molar-refractivity contribution in [2.75, 3.05) is 72.0 Å². The van der Waals surface area contributed by atoms with Gasteiger partial charge >= 0.3 is 0 Å². The number of ketones is 6. The number of nitrogens with zero attached hydrogens (tertiary/aromatic N) is 11. The number of Topliss-reactive ketones (excluding diaryl/α,β-unsaturated/α-hetero) is 6. The number of oxime groups is 1. The number of fused-ring (bicyclic) bond motifs is 6. The Hall–Kier alpha value is -3.79. The van der Waals surface area contributed by atoms with E-state index in [1.807, 2.05) is 131 Å². The molecule has 9 fully saturated rings. The van der Waals surface area contributed by atoms with Gasteiger partial charge in [-0.1, -0.05) is 130 Å². The lowest BCUT2D eigenvalue weighted by Gasteiger charge is -2.40. The molecule has 618 valence electrons. The first-order chi connectivity index (χ1) is 48.7. The van der Waals surface area contributed by atoms with Crippen LogP contribution in [0.15, 0.2) is 25.6 Å². The number of likely N-dealkylation sites (tertiary alicyclic amines) is 6. The van der Waals surface area contributed by atoms with Crippen molar-refractivity contribution >= 4 is 40.9 Å². The highest BCUT2D eigenvalue weighted by Gasteiger charge is 2.60. The van der Waals surface area contributed by atoms with Crippen LogP contribution in [0, 0.1) is 68.0 Å². The fraction of sp³-hybridized carbons (Fsp3) is 0.917. The number of hydrogen-bond acceptors (Lipinski definition) is 24. The first kappa shape index (κ1) is 91.4. The number of hydrazine groups is 1. The Bertz CT molecular complexity index is 2960. The standard InChI is InChI=1S/C14H25N3O.C14H27N3O.C14H25N3O.C14H26N2O2.C14H24N2O2.C14H26N2O2/c1-13(2,3)12(18)11-9-7-15-16-10(9)8-17(11)14(4,5)6;2*1-13(2,3)12(18)11-10-9(7-15-16-10)8-17(11)14(4,5)6;2*1-13(2,3)12(17)11-9-7-15-18-10(9)8-16(11)14(4,5)6;1-13(2,3)12(17)10-11-9(7-15-18-11)8-16(10)14(4,5)6/h9-11H,7-8H2,1-6H3;9-11,15-16H,7-8H2,1-6H3;9-11H,7-8H2,1-6H3;9-11,15H,7-8H2,1-6H3;7,9-11H,8H2,1-6H3;9-11,15H,7-8H2,1-6H3. The monoisotopic (exact) mass is 1520 g/mol. The van der Waals surface area contributed by atoms with E-state index in [0.717, 1.165) is 65.4 Å². The molecular weight excluding hydrogens is 1360 g/mol. The average molecular weight is 1520 g/mol. The highest BCUT2D eigenvalue weighted by atomic mass is 16.7. The predicted molar refractivity (Wildman–Crippen MR) is 430 cm³/mol. The second kappa shape index (κ2) is 32.5. The van der Waals surface area contributed by atoms with Gasteiger partial charge in [0.1, 0.15) is 12.2 Å². The van der Waals surface area contributed by atoms with Crippen molar-refractivity contribution in [3.05, 3.63) is 0 Å². The molecule has 18 unspecified atom stereocenters. The molecule has 0 saturated carbocycles. The molecule has 24 heteroatoms. The molecule has 0 radical (unpaired) electrons. The second-order valence-corrected chi connectivity index (χ2v) is 45.3. The molecule has 0 aromatic rings. The highest BCUT2D eigenvalue weighted by Crippen LogP contribution is 2.45. The topological polar surface area (TPSA) is 259 Å². The summed E-state index contributed by atoms with van der Waals surface area (Å²) in [6.45, 7) is 84.6. The number of rotatable bonds is 6. The van der Waals surface area contributed by atoms with E-state index in [-0.39, 0.29) is 168 Å². The summed E-state index contributed by atoms with van der Waals surface area (Å²) in [5.41, 5.74) is 10.6. The normalized spacial score (nSPS) is 33.3. The minimum Gasteiger partial charge on any atom is -0.391 e. The molecule has 0 amide bonds. The minimum absolute atomic E-state index is 0.000718. The van der Waals surface area contributed by atoms with Crippen LogP contribution in [0.3, 0.4) is 0 Å². The van der Waals surface area contributed by atoms with E-state index in [0.29, 0.717) is 47.4 Å². The molecule has 12 aliphatic heterocycles. The Balaban J connectivity index is 0.000000180. The minimum atomic E-state index is -0.334. The third-order valence-electron chi connectivity index (χ3n) is 23.9. The van der Waals surface area contributed by atoms with Crippen LogP contribution in [0.4, 0.5) is 0 Å². The molecule has 0 aliphatic carbocycles. The fourth-order valence-corrected chi connectivity index (χ4v) is 17.6. The molecular formula is C84H153N15O9. The zero-order valence-corrected chi connectivity index (χ0v) is 74.3. The molecule has 108 heavy (non-hydrogen) atoms. The van der Waals surface area contributed by atoms with Gasteiger partial charge in [0, 0.05) is 160 Å². The summed E-state index contributed by atoms with van der Waals surface area (Å²) in [6, 6.07) is 0.180. The maximum absolute atomic E-state index is 12.8. The molecule has 4 N–H and O–H groups in total. The fourth-order valence-electron chi connectivity index (χ4n) is 17.6. The van der Waals surface area contributed by atoms with Crippen LogP contribution in [0.1, 0.15) is 249 Å². The molecule has 24 nitrogen and oxygen atoms in total. The van der Waals surface area contributed by atoms with E-state index in [9.17, 15) is 28.8 Å². The molecule has 0 aromatic heterocycles. The van der Waals surface area contributed by atoms with E-state index >= 15 is 0 Å². The molecule has 12 aliphatic rings. The molecule has 0 aromatic carbocycles. The highest BCUT2D eigenvalue weighted by molar-refractivity contribution is 5.94. The van der Waals surface area contributed by atoms with Crippen molar-refractivity contribution in [1.82, 2.24) is 51.2 Å². The number of carbonyl (C=O) groups is 6. The van der Waals surface area contributed by atoms with Crippen LogP contribution in [-0.4, -0.2) is 248 Å². The average Bonchev–Trinajstić information content (AvgIpc) is 1.64. The van der Waals surface area contributed by atoms with Gasteiger partial charge in [0.2, 0.25) is 0 Å². The molecule has 12 rings (SSSR count). The van der Waals surface area contributed by atoms with Gasteiger partial charge in [0.25, 0.3) is 0 Å². The number of hydrogen-bond donors (Lipinski definition) is 4. The number of carbonyl (C=O) groups excluding carboxylic acids is 6. The van der Waals surface area contributed by atoms with Crippen LogP contribution < -0.4 is 21.8 Å². The zero-order valence-electron chi connectivity index (χ0n) is 74.3. The van der Waals surface area contributed by atoms with Crippen LogP contribution in [0.25, 0.3) is 0 Å². The van der Waals surface area contributed by atoms with Crippen LogP contribution in [-0.2, 0) is 43.3 Å². The van der Waals surface area contributed by atoms with E-state index in [4.69, 9.17) is 14.5 Å². The van der Waals surface area contributed by atoms with E-state index in [2.05, 4.69) is 201 Å². The summed E-state index contributed by atoms with van der Waals surface area (Å²) in [7, 11) is 0. The summed E-state index contributed by atoms with van der Waals surface area (Å²) in [6.07, 6.45) is 2.02. The van der Waals surface area contributed by atoms with Crippen LogP contribution in [0.5, 0.6) is 0 Å². The summed E-state index contributed by atoms with van der Waals surface area (Å²) in [4.78, 5) is 107. The molecule has 9 saturated heterocycles. The van der Waals surface area contributed by atoms with E-state index in [1.165, 1.54) is 0 Å². The van der Waals surface area contributed by atoms with Crippen molar-refractivity contribution in [3.8, 4) is 0 Å². The smallest absolute Gasteiger partial charge is 0.158 e. The Morgan fingerprint density at radius 3 is 1.21 bits per heavy atom. The lowest BCUT2D eigenvalue weighted by molar-refractivity contribution is -0.138. The Kier molecular flexibility index (Phi) is 27.5. The van der Waals surface area contributed by atoms with E-state index < -0.39 is 0 Å². The van der Waals surface area contributed by atoms with Gasteiger partial charge < -0.3 is 4.84 Å². The van der Waals surface area contributed by atoms with Gasteiger partial charge in [-0.25, -0.2) is 11.0 Å². The zero-order chi connectivity index (χ0) is 82.3. The van der Waals surface area contributed by atoms with Gasteiger partial charge in [-0.15, -0.1) is 0 Å². The molecule has 18 atom stereocenters. The summed E-state index contributed by atoms with van der Waals surface area (Å²) >= 11 is 0. The third kappa shape index (κ3) is 20.8. The largest absolute Gasteiger partial charge is 0.391 e. The second-order valence-electron chi connectivity index (χ2n) is 45.3. The summed E-state index contributed by atoms with van der Waals surface area (Å²) in [5.74, 6) is 3.96. The van der Waals surface area contributed by atoms with Crippen LogP contribution in [0.2, 0.25) is 0 Å². The predicted octanol–water partition coefficient (Wildman–Crippen LogP) is 11.5. The lowest BCUT2D eigenvalue weighted by Crippen LogP contribution is -2.57. The molecule has 0 bridgehead atoms. The molecule has 0 spiro atoms. The van der Waals surface area contributed by atoms with Crippen molar-refractivity contribution in [2.24, 2.45) is 93.6 Å². The lowest BCUT2D eigenvalue weighted by atomic mass is 9.80. The summed E-state index contributed by atoms with van der Waals surface area (Å²) < 4.78 is 0. The number of azo groups is 2. The van der Waals surface area contributed by atoms with Crippen LogP contribution >= 0.6 is 0 Å². The third-order valence-corrected chi connectivity index (χ3v) is 23.9. The quantitative estimate of drug-likeness (QED) is 0.193. The first-order valence-electron chi connectivity index (χ1n) is 40.8. The Labute approximate surface area is 653 Å². The maximum Gasteiger partial charge on any atom is 0.158 e. The Morgan fingerprint density at radius 2 is 0.722 bits per heavy atom. The Morgan fingerprint density at radius 1 is 0.352 bits per heavy atom. The SMILES string of the molecule is CC(C)(C)C(=O)C1C2C=NOC2CN1C(C)(C)C.CC(C)(C)C(=O)C1C2CN=NC2CN1C(C)(C)C.CC(C)(C)C(=O)C1C2CNOC2CN1C(C)(C)C.CC(C)(C)C(=O)C1C2N=NCC2CN1C(C)(C)C.CC(C)(C)C(=O)C1C2NNCC2CN1C(C)(C)C.CC(C)(C)C(=O)C1C2ONCC2CN1C(C)(C)C. The van der Waals surface area contributed by atoms with Crippen molar-refractivity contribution in [3.63, 3.8) is 0 Å². The number of hydroxylamine groups is 2. The number of nitrogens with one attached hydrogen (secondary N) is 4. The van der Waals surface area contributed by atoms with Crippen molar-refractivity contribution < 1.29 is 43.3 Å². The van der Waals surface area contributed by atoms with Gasteiger partial charge in [-0.3, -0.25) is 78.7 Å². The van der Waals surface area contributed by atoms with Crippen molar-refractivity contribution in [1.29, 1.82) is 0 Å². The maximum atomic E-state index is 12.8. The molecule has 12 heterocycles. The van der Waals surface area contributed by atoms with Gasteiger partial charge in [-0.05, 0) is 125 Å². The first-order valence-corrected chi connectivity index (χ1v) is 40.8. The van der Waals surface area contributed by atoms with Gasteiger partial charge in [-0.2, -0.15) is 20.5 Å². The van der Waals surface area contributed by atoms with Crippen molar-refractivity contribution in [2.45, 2.75) is 355 Å².